The van der Waals surface area contributed by atoms with Crippen molar-refractivity contribution in [2.24, 2.45) is 5.73 Å². The predicted molar refractivity (Wildman–Crippen MR) is 74.2 cm³/mol. The lowest BCUT2D eigenvalue weighted by Gasteiger charge is -2.16. The Hall–Kier alpha value is -1.75. The van der Waals surface area contributed by atoms with E-state index in [9.17, 15) is 0 Å². The van der Waals surface area contributed by atoms with Crippen molar-refractivity contribution in [1.29, 1.82) is 0 Å². The van der Waals surface area contributed by atoms with E-state index >= 15 is 0 Å². The molecule has 0 saturated heterocycles. The molecule has 0 spiro atoms. The summed E-state index contributed by atoms with van der Waals surface area (Å²) in [7, 11) is 1.93. The molecule has 5 heteroatoms. The molecule has 2 rings (SSSR count). The second-order valence-electron chi connectivity index (χ2n) is 3.87. The molecule has 0 aliphatic carbocycles. The summed E-state index contributed by atoms with van der Waals surface area (Å²) in [6.45, 7) is 0.730. The summed E-state index contributed by atoms with van der Waals surface area (Å²) in [4.78, 5) is 11.3. The van der Waals surface area contributed by atoms with E-state index in [0.29, 0.717) is 17.4 Å². The lowest BCUT2D eigenvalue weighted by atomic mass is 10.2. The normalized spacial score (nSPS) is 10.4. The third-order valence-electron chi connectivity index (χ3n) is 2.51. The Kier molecular flexibility index (Phi) is 3.49. The van der Waals surface area contributed by atoms with E-state index in [-0.39, 0.29) is 0 Å². The van der Waals surface area contributed by atoms with Gasteiger partial charge in [-0.3, -0.25) is 0 Å². The first-order chi connectivity index (χ1) is 8.16. The predicted octanol–water partition coefficient (Wildman–Crippen LogP) is 1.74. The van der Waals surface area contributed by atoms with E-state index in [2.05, 4.69) is 9.97 Å². The Labute approximate surface area is 105 Å². The van der Waals surface area contributed by atoms with Crippen molar-refractivity contribution in [3.63, 3.8) is 0 Å². The van der Waals surface area contributed by atoms with E-state index in [1.165, 1.54) is 0 Å². The molecule has 1 aromatic heterocycles. The van der Waals surface area contributed by atoms with E-state index in [4.69, 9.17) is 18.0 Å². The molecule has 0 saturated carbocycles. The first kappa shape index (κ1) is 11.7. The van der Waals surface area contributed by atoms with E-state index in [1.54, 1.807) is 0 Å². The zero-order valence-corrected chi connectivity index (χ0v) is 10.4. The van der Waals surface area contributed by atoms with Crippen LogP contribution in [0.25, 0.3) is 10.9 Å². The van der Waals surface area contributed by atoms with Crippen LogP contribution in [0.3, 0.4) is 0 Å². The number of fused-ring (bicyclic) bond motifs is 1. The van der Waals surface area contributed by atoms with Crippen molar-refractivity contribution in [2.75, 3.05) is 18.5 Å². The van der Waals surface area contributed by atoms with Crippen molar-refractivity contribution in [3.05, 3.63) is 30.5 Å². The largest absolute Gasteiger partial charge is 0.393 e. The first-order valence-corrected chi connectivity index (χ1v) is 5.79. The monoisotopic (exact) mass is 246 g/mol. The van der Waals surface area contributed by atoms with Crippen LogP contribution >= 0.6 is 12.2 Å². The highest BCUT2D eigenvalue weighted by Gasteiger charge is 2.05. The van der Waals surface area contributed by atoms with Crippen LogP contribution in [0, 0.1) is 0 Å². The molecule has 0 radical (unpaired) electrons. The Morgan fingerprint density at radius 2 is 2.18 bits per heavy atom. The molecule has 0 unspecified atom stereocenters. The highest BCUT2D eigenvalue weighted by molar-refractivity contribution is 7.80. The topological polar surface area (TPSA) is 55.0 Å². The third kappa shape index (κ3) is 2.88. The highest BCUT2D eigenvalue weighted by Crippen LogP contribution is 2.13. The molecular formula is C12H14N4S. The molecule has 0 atom stereocenters. The fourth-order valence-electron chi connectivity index (χ4n) is 1.52. The van der Waals surface area contributed by atoms with Crippen LogP contribution in [0.5, 0.6) is 0 Å². The van der Waals surface area contributed by atoms with Crippen LogP contribution in [0.2, 0.25) is 0 Å². The van der Waals surface area contributed by atoms with Crippen LogP contribution in [-0.2, 0) is 0 Å². The number of benzene rings is 1. The van der Waals surface area contributed by atoms with Gasteiger partial charge in [0.15, 0.2) is 0 Å². The van der Waals surface area contributed by atoms with Gasteiger partial charge >= 0.3 is 0 Å². The minimum Gasteiger partial charge on any atom is -0.393 e. The molecule has 2 N–H and O–H groups in total. The molecule has 0 aliphatic heterocycles. The number of hydrogen-bond donors (Lipinski definition) is 1. The molecule has 4 nitrogen and oxygen atoms in total. The van der Waals surface area contributed by atoms with Crippen molar-refractivity contribution < 1.29 is 0 Å². The van der Waals surface area contributed by atoms with Gasteiger partial charge in [-0.2, -0.15) is 0 Å². The number of nitrogens with two attached hydrogens (primary N) is 1. The number of anilines is 1. The van der Waals surface area contributed by atoms with Crippen LogP contribution in [-0.4, -0.2) is 28.5 Å². The summed E-state index contributed by atoms with van der Waals surface area (Å²) in [6, 6.07) is 7.91. The number of rotatable bonds is 4. The smallest absolute Gasteiger partial charge is 0.225 e. The summed E-state index contributed by atoms with van der Waals surface area (Å²) in [5, 5.41) is 1.04. The minimum atomic E-state index is 0.512. The van der Waals surface area contributed by atoms with E-state index in [1.807, 2.05) is 42.4 Å². The van der Waals surface area contributed by atoms with Crippen LogP contribution in [0.1, 0.15) is 6.42 Å². The van der Waals surface area contributed by atoms with Crippen molar-refractivity contribution in [2.45, 2.75) is 6.42 Å². The van der Waals surface area contributed by atoms with Gasteiger partial charge in [-0.25, -0.2) is 9.97 Å². The summed E-state index contributed by atoms with van der Waals surface area (Å²) in [6.07, 6.45) is 2.50. The molecule has 1 aromatic carbocycles. The summed E-state index contributed by atoms with van der Waals surface area (Å²) >= 11 is 4.85. The standard InChI is InChI=1S/C12H14N4S/c1-16(7-6-11(13)17)12-14-8-9-4-2-3-5-10(9)15-12/h2-5,8H,6-7H2,1H3,(H2,13,17). The number of thiocarbonyl (C=S) groups is 1. The summed E-state index contributed by atoms with van der Waals surface area (Å²) in [5.41, 5.74) is 6.42. The van der Waals surface area contributed by atoms with Gasteiger partial charge in [0.25, 0.3) is 0 Å². The average molecular weight is 246 g/mol. The Morgan fingerprint density at radius 1 is 1.41 bits per heavy atom. The lowest BCUT2D eigenvalue weighted by molar-refractivity contribution is 0.876. The second-order valence-corrected chi connectivity index (χ2v) is 4.39. The fraction of sp³-hybridized carbons (Fsp3) is 0.250. The molecule has 2 aromatic rings. The number of aromatic nitrogens is 2. The quantitative estimate of drug-likeness (QED) is 0.833. The highest BCUT2D eigenvalue weighted by atomic mass is 32.1. The van der Waals surface area contributed by atoms with Crippen molar-refractivity contribution >= 4 is 34.1 Å². The number of nitrogens with zero attached hydrogens (tertiary/aromatic N) is 3. The Balaban J connectivity index is 2.20. The summed E-state index contributed by atoms with van der Waals surface area (Å²) in [5.74, 6) is 0.694. The van der Waals surface area contributed by atoms with Crippen LogP contribution in [0.4, 0.5) is 5.95 Å². The molecule has 0 fully saturated rings. The molecule has 1 heterocycles. The Morgan fingerprint density at radius 3 is 2.94 bits per heavy atom. The van der Waals surface area contributed by atoms with Gasteiger partial charge in [-0.05, 0) is 6.07 Å². The zero-order valence-electron chi connectivity index (χ0n) is 9.63. The maximum atomic E-state index is 5.47. The van der Waals surface area contributed by atoms with E-state index in [0.717, 1.165) is 17.4 Å². The SMILES string of the molecule is CN(CCC(N)=S)c1ncc2ccccc2n1. The Bertz CT molecular complexity index is 541. The van der Waals surface area contributed by atoms with Crippen molar-refractivity contribution in [1.82, 2.24) is 9.97 Å². The summed E-state index contributed by atoms with van der Waals surface area (Å²) < 4.78 is 0. The van der Waals surface area contributed by atoms with Gasteiger partial charge in [0, 0.05) is 31.6 Å². The van der Waals surface area contributed by atoms with Gasteiger partial charge in [0.2, 0.25) is 5.95 Å². The fourth-order valence-corrected chi connectivity index (χ4v) is 1.62. The second kappa shape index (κ2) is 5.05. The maximum absolute atomic E-state index is 5.47. The van der Waals surface area contributed by atoms with Crippen LogP contribution < -0.4 is 10.6 Å². The van der Waals surface area contributed by atoms with Gasteiger partial charge in [-0.15, -0.1) is 0 Å². The lowest BCUT2D eigenvalue weighted by Crippen LogP contribution is -2.24. The molecule has 0 amide bonds. The number of para-hydroxylation sites is 1. The molecule has 0 bridgehead atoms. The molecule has 88 valence electrons. The first-order valence-electron chi connectivity index (χ1n) is 5.38. The zero-order chi connectivity index (χ0) is 12.3. The molecule has 17 heavy (non-hydrogen) atoms. The van der Waals surface area contributed by atoms with Gasteiger partial charge < -0.3 is 10.6 Å². The van der Waals surface area contributed by atoms with E-state index < -0.39 is 0 Å². The molecule has 0 aliphatic rings. The maximum Gasteiger partial charge on any atom is 0.225 e. The minimum absolute atomic E-state index is 0.512. The third-order valence-corrected chi connectivity index (χ3v) is 2.72. The molecular weight excluding hydrogens is 232 g/mol. The van der Waals surface area contributed by atoms with Gasteiger partial charge in [-0.1, -0.05) is 30.4 Å². The van der Waals surface area contributed by atoms with Gasteiger partial charge in [0.05, 0.1) is 10.5 Å². The van der Waals surface area contributed by atoms with Crippen LogP contribution in [0.15, 0.2) is 30.5 Å². The number of hydrogen-bond acceptors (Lipinski definition) is 4. The van der Waals surface area contributed by atoms with Crippen molar-refractivity contribution in [3.8, 4) is 0 Å². The average Bonchev–Trinajstić information content (AvgIpc) is 2.35. The van der Waals surface area contributed by atoms with Gasteiger partial charge in [0.1, 0.15) is 0 Å².